The fraction of sp³-hybridized carbons (Fsp3) is 0.381. The Kier molecular flexibility index (Phi) is 5.00. The van der Waals surface area contributed by atoms with Crippen LogP contribution >= 0.6 is 0 Å². The van der Waals surface area contributed by atoms with Crippen molar-refractivity contribution in [2.75, 3.05) is 31.1 Å². The van der Waals surface area contributed by atoms with Crippen LogP contribution in [0.5, 0.6) is 5.75 Å². The van der Waals surface area contributed by atoms with Crippen molar-refractivity contribution in [3.8, 4) is 5.75 Å². The standard InChI is InChI=1S/C21H22N6O5/c28-18(29)13-27-21(31)26-7-4-15(11-17(26)23-27)25-8-9-32-16-10-14(12-22-19(16)25)20(30)24-5-2-1-3-6-24/h4,7,10-12H,1-3,5-6,8-9,13H2,(H,28,29). The summed E-state index contributed by atoms with van der Waals surface area (Å²) in [4.78, 5) is 44.4. The maximum atomic E-state index is 12.8. The van der Waals surface area contributed by atoms with Gasteiger partial charge in [-0.2, -0.15) is 0 Å². The Labute approximate surface area is 182 Å². The number of amides is 1. The normalized spacial score (nSPS) is 16.0. The number of anilines is 2. The van der Waals surface area contributed by atoms with Crippen molar-refractivity contribution >= 4 is 29.0 Å². The Balaban J connectivity index is 1.46. The van der Waals surface area contributed by atoms with E-state index in [-0.39, 0.29) is 5.91 Å². The molecular weight excluding hydrogens is 416 g/mol. The number of ether oxygens (including phenoxy) is 1. The van der Waals surface area contributed by atoms with Crippen LogP contribution < -0.4 is 15.3 Å². The summed E-state index contributed by atoms with van der Waals surface area (Å²) in [6.07, 6.45) is 6.31. The van der Waals surface area contributed by atoms with Gasteiger partial charge in [-0.15, -0.1) is 5.10 Å². The van der Waals surface area contributed by atoms with Crippen LogP contribution in [0.25, 0.3) is 5.65 Å². The quantitative estimate of drug-likeness (QED) is 0.643. The van der Waals surface area contributed by atoms with Crippen LogP contribution in [0.4, 0.5) is 11.5 Å². The molecule has 3 aromatic heterocycles. The number of carbonyl (C=O) groups excluding carboxylic acids is 1. The molecule has 1 saturated heterocycles. The molecule has 11 nitrogen and oxygen atoms in total. The largest absolute Gasteiger partial charge is 0.488 e. The summed E-state index contributed by atoms with van der Waals surface area (Å²) in [5, 5.41) is 13.1. The molecule has 0 spiro atoms. The molecule has 5 rings (SSSR count). The molecule has 0 bridgehead atoms. The molecule has 0 atom stereocenters. The van der Waals surface area contributed by atoms with Gasteiger partial charge in [0, 0.05) is 37.2 Å². The van der Waals surface area contributed by atoms with Crippen LogP contribution in [0.1, 0.15) is 29.6 Å². The number of piperidine rings is 1. The van der Waals surface area contributed by atoms with E-state index in [0.717, 1.165) is 42.7 Å². The molecule has 0 aliphatic carbocycles. The maximum Gasteiger partial charge on any atom is 0.350 e. The van der Waals surface area contributed by atoms with Gasteiger partial charge in [0.2, 0.25) is 0 Å². The van der Waals surface area contributed by atoms with Crippen LogP contribution in [0.3, 0.4) is 0 Å². The van der Waals surface area contributed by atoms with Crippen LogP contribution in [-0.2, 0) is 11.3 Å². The number of pyridine rings is 2. The number of carbonyl (C=O) groups is 2. The van der Waals surface area contributed by atoms with E-state index in [9.17, 15) is 14.4 Å². The van der Waals surface area contributed by atoms with Crippen molar-refractivity contribution < 1.29 is 19.4 Å². The highest BCUT2D eigenvalue weighted by Crippen LogP contribution is 2.35. The van der Waals surface area contributed by atoms with E-state index in [4.69, 9.17) is 9.84 Å². The molecule has 0 unspecified atom stereocenters. The number of fused-ring (bicyclic) bond motifs is 2. The number of rotatable bonds is 4. The third-order valence-electron chi connectivity index (χ3n) is 5.72. The SMILES string of the molecule is O=C(O)Cn1nc2cc(N3CCOc4cc(C(=O)N5CCCCC5)cnc43)ccn2c1=O. The van der Waals surface area contributed by atoms with E-state index in [2.05, 4.69) is 10.1 Å². The third-order valence-corrected chi connectivity index (χ3v) is 5.72. The van der Waals surface area contributed by atoms with Crippen molar-refractivity contribution in [2.24, 2.45) is 0 Å². The first-order chi connectivity index (χ1) is 15.5. The summed E-state index contributed by atoms with van der Waals surface area (Å²) in [5.74, 6) is -0.0849. The molecule has 2 aliphatic rings. The lowest BCUT2D eigenvalue weighted by Crippen LogP contribution is -2.36. The molecule has 3 aromatic rings. The van der Waals surface area contributed by atoms with Gasteiger partial charge in [0.25, 0.3) is 5.91 Å². The predicted octanol–water partition coefficient (Wildman–Crippen LogP) is 1.13. The lowest BCUT2D eigenvalue weighted by atomic mass is 10.1. The number of hydrogen-bond donors (Lipinski definition) is 1. The molecule has 2 aliphatic heterocycles. The Hall–Kier alpha value is -3.89. The smallest absolute Gasteiger partial charge is 0.350 e. The molecule has 5 heterocycles. The number of nitrogens with zero attached hydrogens (tertiary/aromatic N) is 6. The fourth-order valence-corrected chi connectivity index (χ4v) is 4.15. The Morgan fingerprint density at radius 2 is 1.94 bits per heavy atom. The first-order valence-corrected chi connectivity index (χ1v) is 10.5. The average molecular weight is 438 g/mol. The van der Waals surface area contributed by atoms with Gasteiger partial charge in [0.15, 0.2) is 17.2 Å². The molecule has 11 heteroatoms. The summed E-state index contributed by atoms with van der Waals surface area (Å²) in [7, 11) is 0. The van der Waals surface area contributed by atoms with E-state index < -0.39 is 18.2 Å². The van der Waals surface area contributed by atoms with E-state index in [0.29, 0.717) is 35.9 Å². The minimum absolute atomic E-state index is 0.0366. The molecule has 1 N–H and O–H groups in total. The second-order valence-corrected chi connectivity index (χ2v) is 7.85. The van der Waals surface area contributed by atoms with Gasteiger partial charge in [0.05, 0.1) is 12.1 Å². The van der Waals surface area contributed by atoms with Crippen LogP contribution in [0.15, 0.2) is 35.4 Å². The summed E-state index contributed by atoms with van der Waals surface area (Å²) < 4.78 is 7.99. The van der Waals surface area contributed by atoms with Gasteiger partial charge in [0.1, 0.15) is 13.2 Å². The summed E-state index contributed by atoms with van der Waals surface area (Å²) in [5.41, 5.74) is 1.05. The first-order valence-electron chi connectivity index (χ1n) is 10.5. The van der Waals surface area contributed by atoms with Crippen molar-refractivity contribution in [3.63, 3.8) is 0 Å². The van der Waals surface area contributed by atoms with Gasteiger partial charge >= 0.3 is 11.7 Å². The zero-order valence-electron chi connectivity index (χ0n) is 17.3. The molecule has 1 amide bonds. The highest BCUT2D eigenvalue weighted by molar-refractivity contribution is 5.95. The molecule has 0 aromatic carbocycles. The van der Waals surface area contributed by atoms with Gasteiger partial charge in [-0.3, -0.25) is 14.0 Å². The molecule has 32 heavy (non-hydrogen) atoms. The van der Waals surface area contributed by atoms with Crippen LogP contribution in [0.2, 0.25) is 0 Å². The average Bonchev–Trinajstić information content (AvgIpc) is 3.12. The monoisotopic (exact) mass is 438 g/mol. The lowest BCUT2D eigenvalue weighted by molar-refractivity contribution is -0.137. The van der Waals surface area contributed by atoms with Crippen LogP contribution in [-0.4, -0.2) is 67.3 Å². The maximum absolute atomic E-state index is 12.8. The second kappa shape index (κ2) is 7.98. The second-order valence-electron chi connectivity index (χ2n) is 7.85. The van der Waals surface area contributed by atoms with E-state index in [1.54, 1.807) is 30.6 Å². The van der Waals surface area contributed by atoms with Gasteiger partial charge < -0.3 is 19.6 Å². The number of carboxylic acids is 1. The molecule has 0 radical (unpaired) electrons. The number of likely N-dealkylation sites (tertiary alicyclic amines) is 1. The molecule has 166 valence electrons. The number of hydrogen-bond acceptors (Lipinski definition) is 7. The van der Waals surface area contributed by atoms with E-state index in [1.807, 2.05) is 9.80 Å². The third kappa shape index (κ3) is 3.55. The van der Waals surface area contributed by atoms with Crippen molar-refractivity contribution in [2.45, 2.75) is 25.8 Å². The minimum atomic E-state index is -1.14. The Morgan fingerprint density at radius 3 is 2.72 bits per heavy atom. The van der Waals surface area contributed by atoms with Crippen molar-refractivity contribution in [1.82, 2.24) is 24.1 Å². The van der Waals surface area contributed by atoms with Gasteiger partial charge in [-0.05, 0) is 31.4 Å². The highest BCUT2D eigenvalue weighted by atomic mass is 16.5. The Bertz CT molecular complexity index is 1260. The Morgan fingerprint density at radius 1 is 1.12 bits per heavy atom. The van der Waals surface area contributed by atoms with Gasteiger partial charge in [-0.25, -0.2) is 14.5 Å². The highest BCUT2D eigenvalue weighted by Gasteiger charge is 2.25. The number of aliphatic carboxylic acids is 1. The van der Waals surface area contributed by atoms with Crippen molar-refractivity contribution in [3.05, 3.63) is 46.6 Å². The topological polar surface area (TPSA) is 122 Å². The van der Waals surface area contributed by atoms with E-state index in [1.165, 1.54) is 4.40 Å². The summed E-state index contributed by atoms with van der Waals surface area (Å²) >= 11 is 0. The number of carboxylic acid groups (broad SMARTS) is 1. The van der Waals surface area contributed by atoms with Crippen molar-refractivity contribution in [1.29, 1.82) is 0 Å². The van der Waals surface area contributed by atoms with Crippen LogP contribution in [0, 0.1) is 0 Å². The molecule has 1 fully saturated rings. The fourth-order valence-electron chi connectivity index (χ4n) is 4.15. The predicted molar refractivity (Wildman–Crippen MR) is 114 cm³/mol. The molecular formula is C21H22N6O5. The summed E-state index contributed by atoms with van der Waals surface area (Å²) in [6.45, 7) is 1.94. The van der Waals surface area contributed by atoms with Gasteiger partial charge in [-0.1, -0.05) is 0 Å². The zero-order chi connectivity index (χ0) is 22.2. The zero-order valence-corrected chi connectivity index (χ0v) is 17.3. The molecule has 0 saturated carbocycles. The first kappa shape index (κ1) is 20.0. The minimum Gasteiger partial charge on any atom is -0.488 e. The number of aromatic nitrogens is 4. The lowest BCUT2D eigenvalue weighted by Gasteiger charge is -2.31. The summed E-state index contributed by atoms with van der Waals surface area (Å²) in [6, 6.07) is 5.17. The van der Waals surface area contributed by atoms with E-state index >= 15 is 0 Å².